The molecule has 3 heterocycles. The number of rotatable bonds is 8. The molecule has 6 heteroatoms. The fourth-order valence-corrected chi connectivity index (χ4v) is 4.10. The SMILES string of the molecule is CCNC(=NCC(c1ccccc1)N1CCCC1)NCCc1cn2ccccc2n1. The standard InChI is InChI=1S/C24H32N6/c1-2-25-24(26-14-13-21-19-30-17-7-6-12-23(30)28-21)27-18-22(29-15-8-9-16-29)20-10-4-3-5-11-20/h3-7,10-12,17,19,22H,2,8-9,13-16,18H2,1H3,(H2,25,26,27). The summed E-state index contributed by atoms with van der Waals surface area (Å²) in [6, 6.07) is 17.2. The van der Waals surface area contributed by atoms with Gasteiger partial charge in [0.25, 0.3) is 0 Å². The lowest BCUT2D eigenvalue weighted by Crippen LogP contribution is -2.39. The highest BCUT2D eigenvalue weighted by Crippen LogP contribution is 2.25. The maximum Gasteiger partial charge on any atom is 0.191 e. The van der Waals surface area contributed by atoms with Crippen LogP contribution in [0, 0.1) is 0 Å². The Kier molecular flexibility index (Phi) is 6.98. The number of nitrogens with one attached hydrogen (secondary N) is 2. The minimum absolute atomic E-state index is 0.336. The van der Waals surface area contributed by atoms with Crippen molar-refractivity contribution in [2.45, 2.75) is 32.2 Å². The molecule has 2 N–H and O–H groups in total. The molecule has 30 heavy (non-hydrogen) atoms. The number of nitrogens with zero attached hydrogens (tertiary/aromatic N) is 4. The molecule has 0 aliphatic carbocycles. The Morgan fingerprint density at radius 2 is 1.87 bits per heavy atom. The lowest BCUT2D eigenvalue weighted by atomic mass is 10.1. The van der Waals surface area contributed by atoms with Crippen LogP contribution in [-0.2, 0) is 6.42 Å². The Morgan fingerprint density at radius 3 is 2.63 bits per heavy atom. The van der Waals surface area contributed by atoms with E-state index in [2.05, 4.69) is 68.4 Å². The van der Waals surface area contributed by atoms with Crippen molar-refractivity contribution in [1.82, 2.24) is 24.9 Å². The van der Waals surface area contributed by atoms with Gasteiger partial charge in [0.05, 0.1) is 18.3 Å². The fraction of sp³-hybridized carbons (Fsp3) is 0.417. The predicted octanol–water partition coefficient (Wildman–Crippen LogP) is 3.27. The Bertz CT molecular complexity index is 909. The molecule has 0 amide bonds. The van der Waals surface area contributed by atoms with Gasteiger partial charge in [0.1, 0.15) is 5.65 Å². The molecule has 2 aromatic heterocycles. The maximum absolute atomic E-state index is 4.94. The van der Waals surface area contributed by atoms with Gasteiger partial charge in [-0.25, -0.2) is 4.98 Å². The van der Waals surface area contributed by atoms with E-state index >= 15 is 0 Å². The molecule has 1 unspecified atom stereocenters. The van der Waals surface area contributed by atoms with E-state index in [1.807, 2.05) is 24.4 Å². The average molecular weight is 405 g/mol. The normalized spacial score (nSPS) is 16.1. The zero-order valence-corrected chi connectivity index (χ0v) is 17.8. The predicted molar refractivity (Wildman–Crippen MR) is 123 cm³/mol. The summed E-state index contributed by atoms with van der Waals surface area (Å²) in [5.74, 6) is 0.876. The highest BCUT2D eigenvalue weighted by molar-refractivity contribution is 5.79. The molecule has 1 fully saturated rings. The molecule has 4 rings (SSSR count). The molecule has 3 aromatic rings. The molecule has 1 saturated heterocycles. The fourth-order valence-electron chi connectivity index (χ4n) is 4.10. The van der Waals surface area contributed by atoms with Crippen molar-refractivity contribution in [3.8, 4) is 0 Å². The van der Waals surface area contributed by atoms with Crippen molar-refractivity contribution in [3.63, 3.8) is 0 Å². The lowest BCUT2D eigenvalue weighted by Gasteiger charge is -2.27. The minimum Gasteiger partial charge on any atom is -0.357 e. The van der Waals surface area contributed by atoms with E-state index in [-0.39, 0.29) is 0 Å². The number of aromatic nitrogens is 2. The van der Waals surface area contributed by atoms with Gasteiger partial charge in [-0.05, 0) is 50.6 Å². The molecule has 158 valence electrons. The Morgan fingerprint density at radius 1 is 1.07 bits per heavy atom. The van der Waals surface area contributed by atoms with E-state index in [4.69, 9.17) is 4.99 Å². The maximum atomic E-state index is 4.94. The van der Waals surface area contributed by atoms with E-state index in [9.17, 15) is 0 Å². The smallest absolute Gasteiger partial charge is 0.191 e. The largest absolute Gasteiger partial charge is 0.357 e. The number of hydrogen-bond donors (Lipinski definition) is 2. The number of likely N-dealkylation sites (tertiary alicyclic amines) is 1. The van der Waals surface area contributed by atoms with Gasteiger partial charge in [-0.2, -0.15) is 0 Å². The van der Waals surface area contributed by atoms with Crippen molar-refractivity contribution in [2.75, 3.05) is 32.7 Å². The average Bonchev–Trinajstić information content (AvgIpc) is 3.44. The van der Waals surface area contributed by atoms with E-state index in [0.29, 0.717) is 6.04 Å². The van der Waals surface area contributed by atoms with E-state index in [0.717, 1.165) is 56.4 Å². The summed E-state index contributed by atoms with van der Waals surface area (Å²) in [6.07, 6.45) is 7.56. The number of imidazole rings is 1. The Labute approximate surface area is 179 Å². The van der Waals surface area contributed by atoms with Gasteiger partial charge in [-0.3, -0.25) is 9.89 Å². The van der Waals surface area contributed by atoms with Gasteiger partial charge in [-0.15, -0.1) is 0 Å². The molecule has 6 nitrogen and oxygen atoms in total. The molecule has 1 aromatic carbocycles. The molecule has 0 spiro atoms. The molecule has 1 aliphatic heterocycles. The van der Waals surface area contributed by atoms with Crippen LogP contribution in [0.1, 0.15) is 37.1 Å². The summed E-state index contributed by atoms with van der Waals surface area (Å²) in [7, 11) is 0. The van der Waals surface area contributed by atoms with Crippen LogP contribution >= 0.6 is 0 Å². The summed E-state index contributed by atoms with van der Waals surface area (Å²) < 4.78 is 2.06. The first-order valence-corrected chi connectivity index (χ1v) is 11.1. The lowest BCUT2D eigenvalue weighted by molar-refractivity contribution is 0.251. The van der Waals surface area contributed by atoms with Gasteiger partial charge >= 0.3 is 0 Å². The number of aliphatic imine (C=N–C) groups is 1. The molecule has 1 aliphatic rings. The minimum atomic E-state index is 0.336. The molecular weight excluding hydrogens is 372 g/mol. The Balaban J connectivity index is 1.39. The summed E-state index contributed by atoms with van der Waals surface area (Å²) in [4.78, 5) is 12.2. The van der Waals surface area contributed by atoms with Gasteiger partial charge in [0, 0.05) is 31.9 Å². The second-order valence-corrected chi connectivity index (χ2v) is 7.76. The van der Waals surface area contributed by atoms with Crippen LogP contribution in [0.5, 0.6) is 0 Å². The van der Waals surface area contributed by atoms with Crippen molar-refractivity contribution in [3.05, 3.63) is 72.2 Å². The van der Waals surface area contributed by atoms with Crippen LogP contribution in [-0.4, -0.2) is 53.0 Å². The van der Waals surface area contributed by atoms with Gasteiger partial charge in [0.15, 0.2) is 5.96 Å². The first-order chi connectivity index (χ1) is 14.8. The molecule has 0 radical (unpaired) electrons. The van der Waals surface area contributed by atoms with Crippen LogP contribution in [0.15, 0.2) is 65.9 Å². The number of hydrogen-bond acceptors (Lipinski definition) is 3. The molecule has 0 bridgehead atoms. The van der Waals surface area contributed by atoms with Crippen LogP contribution in [0.3, 0.4) is 0 Å². The van der Waals surface area contributed by atoms with Crippen LogP contribution in [0.4, 0.5) is 0 Å². The van der Waals surface area contributed by atoms with Gasteiger partial charge < -0.3 is 15.0 Å². The summed E-state index contributed by atoms with van der Waals surface area (Å²) in [5.41, 5.74) is 3.43. The number of benzene rings is 1. The van der Waals surface area contributed by atoms with Crippen LogP contribution < -0.4 is 10.6 Å². The van der Waals surface area contributed by atoms with Crippen LogP contribution in [0.25, 0.3) is 5.65 Å². The number of pyridine rings is 1. The van der Waals surface area contributed by atoms with Crippen LogP contribution in [0.2, 0.25) is 0 Å². The van der Waals surface area contributed by atoms with Crippen molar-refractivity contribution < 1.29 is 0 Å². The third-order valence-corrected chi connectivity index (χ3v) is 5.62. The summed E-state index contributed by atoms with van der Waals surface area (Å²) in [6.45, 7) is 6.83. The van der Waals surface area contributed by atoms with E-state index in [1.165, 1.54) is 18.4 Å². The van der Waals surface area contributed by atoms with Crippen molar-refractivity contribution >= 4 is 11.6 Å². The number of guanidine groups is 1. The van der Waals surface area contributed by atoms with Gasteiger partial charge in [-0.1, -0.05) is 36.4 Å². The molecular formula is C24H32N6. The number of fused-ring (bicyclic) bond motifs is 1. The zero-order valence-electron chi connectivity index (χ0n) is 17.8. The second-order valence-electron chi connectivity index (χ2n) is 7.76. The molecule has 1 atom stereocenters. The summed E-state index contributed by atoms with van der Waals surface area (Å²) in [5, 5.41) is 6.87. The van der Waals surface area contributed by atoms with Crippen molar-refractivity contribution in [1.29, 1.82) is 0 Å². The second kappa shape index (κ2) is 10.3. The Hall–Kier alpha value is -2.86. The first kappa shape index (κ1) is 20.4. The van der Waals surface area contributed by atoms with E-state index in [1.54, 1.807) is 0 Å². The quantitative estimate of drug-likeness (QED) is 0.447. The molecule has 0 saturated carbocycles. The first-order valence-electron chi connectivity index (χ1n) is 11.1. The summed E-state index contributed by atoms with van der Waals surface area (Å²) >= 11 is 0. The van der Waals surface area contributed by atoms with Gasteiger partial charge in [0.2, 0.25) is 0 Å². The van der Waals surface area contributed by atoms with Crippen molar-refractivity contribution in [2.24, 2.45) is 4.99 Å². The topological polar surface area (TPSA) is 57.0 Å². The third-order valence-electron chi connectivity index (χ3n) is 5.62. The highest BCUT2D eigenvalue weighted by Gasteiger charge is 2.23. The zero-order chi connectivity index (χ0) is 20.6. The highest BCUT2D eigenvalue weighted by atomic mass is 15.2. The third kappa shape index (κ3) is 5.19. The monoisotopic (exact) mass is 404 g/mol. The van der Waals surface area contributed by atoms with E-state index < -0.39 is 0 Å².